The van der Waals surface area contributed by atoms with Gasteiger partial charge in [-0.1, -0.05) is 0 Å². The third-order valence-electron chi connectivity index (χ3n) is 5.60. The summed E-state index contributed by atoms with van der Waals surface area (Å²) in [7, 11) is 0. The first-order valence-corrected chi connectivity index (χ1v) is 9.45. The number of ether oxygens (including phenoxy) is 1. The van der Waals surface area contributed by atoms with Gasteiger partial charge in [0.1, 0.15) is 5.82 Å². The molecule has 0 unspecified atom stereocenters. The molecule has 0 saturated carbocycles. The summed E-state index contributed by atoms with van der Waals surface area (Å²) in [5.74, 6) is 0.929. The zero-order valence-corrected chi connectivity index (χ0v) is 15.1. The van der Waals surface area contributed by atoms with Crippen LogP contribution in [0.15, 0.2) is 12.4 Å². The van der Waals surface area contributed by atoms with Crippen molar-refractivity contribution in [2.45, 2.75) is 18.7 Å². The van der Waals surface area contributed by atoms with Crippen molar-refractivity contribution in [3.8, 4) is 0 Å². The maximum Gasteiger partial charge on any atom is 0.320 e. The van der Waals surface area contributed by atoms with Gasteiger partial charge in [-0.25, -0.2) is 9.78 Å². The molecule has 4 rings (SSSR count). The molecule has 3 aliphatic rings. The van der Waals surface area contributed by atoms with E-state index in [-0.39, 0.29) is 18.2 Å². The molecule has 9 heteroatoms. The maximum atomic E-state index is 12.6. The van der Waals surface area contributed by atoms with Gasteiger partial charge in [0, 0.05) is 70.8 Å². The number of aliphatic hydroxyl groups excluding tert-OH is 1. The lowest BCUT2D eigenvalue weighted by Crippen LogP contribution is -2.58. The minimum atomic E-state index is -0.355. The Bertz CT molecular complexity index is 583. The number of amides is 2. The molecule has 1 aromatic rings. The van der Waals surface area contributed by atoms with Gasteiger partial charge in [-0.15, -0.1) is 0 Å². The monoisotopic (exact) mass is 364 g/mol. The van der Waals surface area contributed by atoms with Crippen molar-refractivity contribution in [2.24, 2.45) is 0 Å². The number of aromatic amines is 1. The number of H-pyrrole nitrogens is 1. The Morgan fingerprint density at radius 1 is 1.15 bits per heavy atom. The minimum Gasteiger partial charge on any atom is -0.390 e. The van der Waals surface area contributed by atoms with E-state index in [0.29, 0.717) is 32.8 Å². The van der Waals surface area contributed by atoms with Crippen LogP contribution in [0.25, 0.3) is 0 Å². The topological polar surface area (TPSA) is 88.2 Å². The number of hydrogen-bond acceptors (Lipinski definition) is 6. The summed E-state index contributed by atoms with van der Waals surface area (Å²) in [5, 5.41) is 10.5. The van der Waals surface area contributed by atoms with Gasteiger partial charge < -0.3 is 24.6 Å². The zero-order valence-electron chi connectivity index (χ0n) is 15.1. The average molecular weight is 364 g/mol. The maximum absolute atomic E-state index is 12.6. The number of urea groups is 1. The number of hydrogen-bond donors (Lipinski definition) is 2. The Balaban J connectivity index is 1.27. The molecule has 4 heterocycles. The van der Waals surface area contributed by atoms with Gasteiger partial charge in [-0.2, -0.15) is 0 Å². The van der Waals surface area contributed by atoms with Crippen LogP contribution in [0, 0.1) is 0 Å². The molecule has 9 nitrogen and oxygen atoms in total. The molecule has 0 radical (unpaired) electrons. The number of aliphatic hydroxyl groups is 1. The number of carbonyl (C=O) groups excluding carboxylic acids is 1. The quantitative estimate of drug-likeness (QED) is 0.717. The highest BCUT2D eigenvalue weighted by Gasteiger charge is 2.37. The van der Waals surface area contributed by atoms with Crippen LogP contribution in [0.3, 0.4) is 0 Å². The average Bonchev–Trinajstić information content (AvgIpc) is 3.32. The molecule has 2 amide bonds. The van der Waals surface area contributed by atoms with Gasteiger partial charge in [-0.05, 0) is 0 Å². The number of likely N-dealkylation sites (tertiary alicyclic amines) is 1. The van der Waals surface area contributed by atoms with E-state index < -0.39 is 0 Å². The number of piperazine rings is 1. The SMILES string of the molecule is O=C(N1CCOCC1)N1CCN([C@@H]2CN(Cc3ncc[nH]3)C[C@H]2O)CC1. The second kappa shape index (κ2) is 7.91. The summed E-state index contributed by atoms with van der Waals surface area (Å²) in [4.78, 5) is 28.4. The van der Waals surface area contributed by atoms with E-state index in [1.165, 1.54) is 0 Å². The number of nitrogens with zero attached hydrogens (tertiary/aromatic N) is 5. The predicted octanol–water partition coefficient (Wildman–Crippen LogP) is -0.975. The van der Waals surface area contributed by atoms with Crippen molar-refractivity contribution in [1.82, 2.24) is 29.6 Å². The molecule has 3 aliphatic heterocycles. The highest BCUT2D eigenvalue weighted by molar-refractivity contribution is 5.74. The molecule has 0 spiro atoms. The molecular formula is C17H28N6O3. The Morgan fingerprint density at radius 3 is 2.58 bits per heavy atom. The molecule has 2 N–H and O–H groups in total. The fourth-order valence-corrected chi connectivity index (χ4v) is 4.13. The van der Waals surface area contributed by atoms with Crippen LogP contribution >= 0.6 is 0 Å². The number of nitrogens with one attached hydrogen (secondary N) is 1. The first-order chi connectivity index (χ1) is 12.7. The summed E-state index contributed by atoms with van der Waals surface area (Å²) < 4.78 is 5.32. The Hall–Kier alpha value is -1.68. The summed E-state index contributed by atoms with van der Waals surface area (Å²) in [6.07, 6.45) is 3.22. The van der Waals surface area contributed by atoms with Gasteiger partial charge in [0.25, 0.3) is 0 Å². The van der Waals surface area contributed by atoms with E-state index in [2.05, 4.69) is 19.8 Å². The van der Waals surface area contributed by atoms with Crippen LogP contribution < -0.4 is 0 Å². The molecule has 0 aliphatic carbocycles. The van der Waals surface area contributed by atoms with Crippen molar-refractivity contribution in [3.05, 3.63) is 18.2 Å². The lowest BCUT2D eigenvalue weighted by molar-refractivity contribution is 0.0259. The highest BCUT2D eigenvalue weighted by Crippen LogP contribution is 2.20. The van der Waals surface area contributed by atoms with Crippen molar-refractivity contribution < 1.29 is 14.6 Å². The molecule has 3 fully saturated rings. The molecular weight excluding hydrogens is 336 g/mol. The normalized spacial score (nSPS) is 28.7. The number of rotatable bonds is 3. The van der Waals surface area contributed by atoms with Crippen LogP contribution in [0.4, 0.5) is 4.79 Å². The fourth-order valence-electron chi connectivity index (χ4n) is 4.13. The van der Waals surface area contributed by atoms with Crippen LogP contribution in [-0.4, -0.2) is 118 Å². The third kappa shape index (κ3) is 3.85. The summed E-state index contributed by atoms with van der Waals surface area (Å²) in [5.41, 5.74) is 0. The number of morpholine rings is 1. The van der Waals surface area contributed by atoms with Crippen molar-refractivity contribution in [1.29, 1.82) is 0 Å². The zero-order chi connectivity index (χ0) is 17.9. The first-order valence-electron chi connectivity index (χ1n) is 9.45. The van der Waals surface area contributed by atoms with Crippen molar-refractivity contribution >= 4 is 6.03 Å². The number of aromatic nitrogens is 2. The van der Waals surface area contributed by atoms with E-state index >= 15 is 0 Å². The van der Waals surface area contributed by atoms with Gasteiger partial charge in [0.2, 0.25) is 0 Å². The molecule has 144 valence electrons. The second-order valence-electron chi connectivity index (χ2n) is 7.27. The van der Waals surface area contributed by atoms with E-state index in [1.807, 2.05) is 16.0 Å². The van der Waals surface area contributed by atoms with Crippen molar-refractivity contribution in [3.63, 3.8) is 0 Å². The fraction of sp³-hybridized carbons (Fsp3) is 0.765. The summed E-state index contributed by atoms with van der Waals surface area (Å²) in [6, 6.07) is 0.255. The largest absolute Gasteiger partial charge is 0.390 e. The van der Waals surface area contributed by atoms with Crippen LogP contribution in [0.5, 0.6) is 0 Å². The number of β-amino-alcohol motifs (C(OH)–C–C–N with tert-alkyl or cyclic N) is 1. The van der Waals surface area contributed by atoms with Crippen LogP contribution in [-0.2, 0) is 11.3 Å². The molecule has 26 heavy (non-hydrogen) atoms. The smallest absolute Gasteiger partial charge is 0.320 e. The van der Waals surface area contributed by atoms with Crippen LogP contribution in [0.1, 0.15) is 5.82 Å². The summed E-state index contributed by atoms with van der Waals surface area (Å²) in [6.45, 7) is 7.92. The first kappa shape index (κ1) is 17.7. The summed E-state index contributed by atoms with van der Waals surface area (Å²) >= 11 is 0. The second-order valence-corrected chi connectivity index (χ2v) is 7.27. The molecule has 1 aromatic heterocycles. The lowest BCUT2D eigenvalue weighted by atomic mass is 10.1. The predicted molar refractivity (Wildman–Crippen MR) is 94.6 cm³/mol. The van der Waals surface area contributed by atoms with Crippen LogP contribution in [0.2, 0.25) is 0 Å². The van der Waals surface area contributed by atoms with E-state index in [9.17, 15) is 9.90 Å². The molecule has 2 atom stereocenters. The van der Waals surface area contributed by atoms with E-state index in [0.717, 1.165) is 45.1 Å². The number of carbonyl (C=O) groups is 1. The third-order valence-corrected chi connectivity index (χ3v) is 5.60. The Kier molecular flexibility index (Phi) is 5.39. The molecule has 0 bridgehead atoms. The lowest BCUT2D eigenvalue weighted by Gasteiger charge is -2.41. The van der Waals surface area contributed by atoms with Crippen molar-refractivity contribution in [2.75, 3.05) is 65.6 Å². The van der Waals surface area contributed by atoms with Gasteiger partial charge in [0.05, 0.1) is 25.9 Å². The standard InChI is InChI=1S/C17H28N6O3/c24-15-12-20(13-16-18-1-2-19-16)11-14(15)21-3-5-22(6-4-21)17(25)23-7-9-26-10-8-23/h1-2,14-15,24H,3-13H2,(H,18,19)/t14-,15-/m1/s1. The molecule has 3 saturated heterocycles. The molecule has 0 aromatic carbocycles. The van der Waals surface area contributed by atoms with E-state index in [1.54, 1.807) is 6.20 Å². The number of imidazole rings is 1. The van der Waals surface area contributed by atoms with E-state index in [4.69, 9.17) is 4.74 Å². The van der Waals surface area contributed by atoms with Gasteiger partial charge >= 0.3 is 6.03 Å². The Morgan fingerprint density at radius 2 is 1.88 bits per heavy atom. The van der Waals surface area contributed by atoms with Gasteiger partial charge in [-0.3, -0.25) is 9.80 Å². The van der Waals surface area contributed by atoms with Gasteiger partial charge in [0.15, 0.2) is 0 Å². The minimum absolute atomic E-state index is 0.124. The highest BCUT2D eigenvalue weighted by atomic mass is 16.5. The Labute approximate surface area is 153 Å².